The number of ether oxygens (including phenoxy) is 1. The Morgan fingerprint density at radius 3 is 2.86 bits per heavy atom. The Bertz CT molecular complexity index is 572. The van der Waals surface area contributed by atoms with Crippen molar-refractivity contribution < 1.29 is 24.0 Å². The Hall–Kier alpha value is -2.22. The minimum Gasteiger partial charge on any atom is -0.478 e. The highest BCUT2D eigenvalue weighted by Gasteiger charge is 2.26. The zero-order valence-corrected chi connectivity index (χ0v) is 11.3. The number of rotatable bonds is 5. The van der Waals surface area contributed by atoms with Gasteiger partial charge in [-0.25, -0.2) is 9.18 Å². The van der Waals surface area contributed by atoms with Gasteiger partial charge in [0.15, 0.2) is 0 Å². The van der Waals surface area contributed by atoms with Crippen LogP contribution in [0, 0.1) is 21.8 Å². The van der Waals surface area contributed by atoms with E-state index in [-0.39, 0.29) is 17.6 Å². The van der Waals surface area contributed by atoms with Crippen LogP contribution >= 0.6 is 0 Å². The first-order valence-corrected chi connectivity index (χ1v) is 6.45. The van der Waals surface area contributed by atoms with Crippen LogP contribution in [0.4, 0.5) is 15.8 Å². The molecule has 2 rings (SSSR count). The molecule has 114 valence electrons. The maximum atomic E-state index is 13.7. The molecule has 1 heterocycles. The summed E-state index contributed by atoms with van der Waals surface area (Å²) in [5, 5.41) is 22.7. The third kappa shape index (κ3) is 3.27. The van der Waals surface area contributed by atoms with Gasteiger partial charge in [-0.1, -0.05) is 0 Å². The molecule has 0 bridgehead atoms. The van der Waals surface area contributed by atoms with Crippen molar-refractivity contribution in [2.45, 2.75) is 19.4 Å². The summed E-state index contributed by atoms with van der Waals surface area (Å²) in [6.07, 6.45) is 0.817. The molecule has 1 aromatic carbocycles. The summed E-state index contributed by atoms with van der Waals surface area (Å²) >= 11 is 0. The Labute approximate surface area is 119 Å². The van der Waals surface area contributed by atoms with E-state index in [2.05, 4.69) is 5.32 Å². The summed E-state index contributed by atoms with van der Waals surface area (Å²) in [5.74, 6) is -2.38. The largest absolute Gasteiger partial charge is 0.478 e. The van der Waals surface area contributed by atoms with E-state index < -0.39 is 28.0 Å². The molecule has 1 saturated heterocycles. The average Bonchev–Trinajstić information content (AvgIpc) is 2.91. The van der Waals surface area contributed by atoms with E-state index in [0.717, 1.165) is 18.6 Å². The molecule has 1 fully saturated rings. The van der Waals surface area contributed by atoms with Gasteiger partial charge in [0.25, 0.3) is 5.69 Å². The molecule has 1 aliphatic heterocycles. The quantitative estimate of drug-likeness (QED) is 0.638. The van der Waals surface area contributed by atoms with Gasteiger partial charge in [0.1, 0.15) is 17.1 Å². The van der Waals surface area contributed by atoms with Gasteiger partial charge < -0.3 is 15.2 Å². The van der Waals surface area contributed by atoms with E-state index in [9.17, 15) is 19.3 Å². The molecule has 8 heteroatoms. The first-order valence-electron chi connectivity index (χ1n) is 6.45. The van der Waals surface area contributed by atoms with E-state index in [1.807, 2.05) is 6.92 Å². The number of carboxylic acids is 1. The van der Waals surface area contributed by atoms with Crippen molar-refractivity contribution in [3.05, 3.63) is 33.6 Å². The van der Waals surface area contributed by atoms with Gasteiger partial charge in [-0.05, 0) is 13.3 Å². The number of carboxylic acid groups (broad SMARTS) is 1. The lowest BCUT2D eigenvalue weighted by Crippen LogP contribution is -2.26. The molecule has 2 N–H and O–H groups in total. The lowest BCUT2D eigenvalue weighted by atomic mass is 10.00. The number of anilines is 1. The molecule has 2 atom stereocenters. The summed E-state index contributed by atoms with van der Waals surface area (Å²) in [6, 6.07) is 1.44. The van der Waals surface area contributed by atoms with Gasteiger partial charge in [0.2, 0.25) is 0 Å². The van der Waals surface area contributed by atoms with Crippen LogP contribution < -0.4 is 5.32 Å². The Morgan fingerprint density at radius 1 is 1.62 bits per heavy atom. The molecule has 1 aliphatic rings. The van der Waals surface area contributed by atoms with E-state index >= 15 is 0 Å². The molecule has 0 radical (unpaired) electrons. The van der Waals surface area contributed by atoms with E-state index in [1.54, 1.807) is 0 Å². The number of benzene rings is 1. The van der Waals surface area contributed by atoms with E-state index in [1.165, 1.54) is 0 Å². The lowest BCUT2D eigenvalue weighted by molar-refractivity contribution is -0.384. The highest BCUT2D eigenvalue weighted by molar-refractivity contribution is 5.90. The van der Waals surface area contributed by atoms with Crippen molar-refractivity contribution in [2.24, 2.45) is 5.92 Å². The van der Waals surface area contributed by atoms with Gasteiger partial charge in [0, 0.05) is 30.7 Å². The molecule has 2 unspecified atom stereocenters. The van der Waals surface area contributed by atoms with E-state index in [4.69, 9.17) is 9.84 Å². The van der Waals surface area contributed by atoms with Gasteiger partial charge in [-0.15, -0.1) is 0 Å². The summed E-state index contributed by atoms with van der Waals surface area (Å²) < 4.78 is 18.9. The maximum Gasteiger partial charge on any atom is 0.338 e. The number of halogens is 1. The van der Waals surface area contributed by atoms with Gasteiger partial charge in [-0.3, -0.25) is 10.1 Å². The molecule has 0 aromatic heterocycles. The zero-order chi connectivity index (χ0) is 15.6. The van der Waals surface area contributed by atoms with Gasteiger partial charge in [-0.2, -0.15) is 0 Å². The molecule has 0 saturated carbocycles. The fraction of sp³-hybridized carbons (Fsp3) is 0.462. The summed E-state index contributed by atoms with van der Waals surface area (Å²) in [6.45, 7) is 2.99. The molecule has 7 nitrogen and oxygen atoms in total. The van der Waals surface area contributed by atoms with Crippen LogP contribution in [-0.2, 0) is 4.74 Å². The smallest absolute Gasteiger partial charge is 0.338 e. The van der Waals surface area contributed by atoms with Crippen molar-refractivity contribution in [2.75, 3.05) is 18.5 Å². The number of nitrogens with one attached hydrogen (secondary N) is 1. The molecular weight excluding hydrogens is 283 g/mol. The fourth-order valence-corrected chi connectivity index (χ4v) is 2.30. The van der Waals surface area contributed by atoms with Crippen molar-refractivity contribution >= 4 is 17.3 Å². The number of carbonyl (C=O) groups is 1. The average molecular weight is 298 g/mol. The van der Waals surface area contributed by atoms with Crippen LogP contribution in [0.2, 0.25) is 0 Å². The topological polar surface area (TPSA) is 102 Å². The normalized spacial score (nSPS) is 19.2. The number of nitro groups is 1. The Balaban J connectivity index is 2.31. The van der Waals surface area contributed by atoms with E-state index in [0.29, 0.717) is 13.2 Å². The molecule has 0 amide bonds. The van der Waals surface area contributed by atoms with Crippen molar-refractivity contribution in [3.63, 3.8) is 0 Å². The molecule has 1 aromatic rings. The minimum atomic E-state index is -1.54. The molecule has 0 spiro atoms. The molecular formula is C13H15FN2O5. The summed E-state index contributed by atoms with van der Waals surface area (Å²) in [4.78, 5) is 21.1. The van der Waals surface area contributed by atoms with Gasteiger partial charge >= 0.3 is 5.97 Å². The van der Waals surface area contributed by atoms with Crippen LogP contribution in [0.15, 0.2) is 12.1 Å². The highest BCUT2D eigenvalue weighted by atomic mass is 19.1. The predicted octanol–water partition coefficient (Wildman–Crippen LogP) is 2.27. The number of hydrogen-bond donors (Lipinski definition) is 2. The fourth-order valence-electron chi connectivity index (χ4n) is 2.30. The van der Waals surface area contributed by atoms with Crippen LogP contribution in [0.1, 0.15) is 23.7 Å². The predicted molar refractivity (Wildman–Crippen MR) is 72.0 cm³/mol. The second kappa shape index (κ2) is 6.04. The van der Waals surface area contributed by atoms with Crippen molar-refractivity contribution in [1.29, 1.82) is 0 Å². The first kappa shape index (κ1) is 15.2. The monoisotopic (exact) mass is 298 g/mol. The van der Waals surface area contributed by atoms with Crippen LogP contribution in [0.25, 0.3) is 0 Å². The number of nitrogens with zero attached hydrogens (tertiary/aromatic N) is 1. The first-order chi connectivity index (χ1) is 9.90. The second-order valence-corrected chi connectivity index (χ2v) is 4.97. The molecule has 0 aliphatic carbocycles. The second-order valence-electron chi connectivity index (χ2n) is 4.97. The van der Waals surface area contributed by atoms with Crippen LogP contribution in [0.3, 0.4) is 0 Å². The molecule has 21 heavy (non-hydrogen) atoms. The van der Waals surface area contributed by atoms with Gasteiger partial charge in [0.05, 0.1) is 11.5 Å². The maximum absolute atomic E-state index is 13.7. The summed E-state index contributed by atoms with van der Waals surface area (Å²) in [5.41, 5.74) is -1.20. The highest BCUT2D eigenvalue weighted by Crippen LogP contribution is 2.30. The lowest BCUT2D eigenvalue weighted by Gasteiger charge is -2.20. The van der Waals surface area contributed by atoms with Crippen LogP contribution in [0.5, 0.6) is 0 Å². The number of aromatic carboxylic acids is 1. The zero-order valence-electron chi connectivity index (χ0n) is 11.3. The third-order valence-electron chi connectivity index (χ3n) is 3.57. The standard InChI is InChI=1S/C13H15FN2O5/c1-7(8-2-3-21-6-8)15-11-5-10(14)9(13(17)18)4-12(11)16(19)20/h4-5,7-8,15H,2-3,6H2,1H3,(H,17,18). The van der Waals surface area contributed by atoms with Crippen molar-refractivity contribution in [1.82, 2.24) is 0 Å². The minimum absolute atomic E-state index is 0.0260. The van der Waals surface area contributed by atoms with Crippen molar-refractivity contribution in [3.8, 4) is 0 Å². The Kier molecular flexibility index (Phi) is 4.37. The van der Waals surface area contributed by atoms with Crippen LogP contribution in [-0.4, -0.2) is 35.3 Å². The number of hydrogen-bond acceptors (Lipinski definition) is 5. The third-order valence-corrected chi connectivity index (χ3v) is 3.57. The summed E-state index contributed by atoms with van der Waals surface area (Å²) in [7, 11) is 0. The Morgan fingerprint density at radius 2 is 2.33 bits per heavy atom. The SMILES string of the molecule is CC(Nc1cc(F)c(C(=O)O)cc1[N+](=O)[O-])C1CCOC1. The number of nitro benzene ring substituents is 1.